The molecule has 0 amide bonds. The van der Waals surface area contributed by atoms with Crippen LogP contribution in [-0.2, 0) is 4.74 Å². The van der Waals surface area contributed by atoms with Crippen molar-refractivity contribution in [3.05, 3.63) is 53.9 Å². The van der Waals surface area contributed by atoms with Gasteiger partial charge in [-0.25, -0.2) is 9.78 Å². The van der Waals surface area contributed by atoms with Gasteiger partial charge in [-0.15, -0.1) is 0 Å². The van der Waals surface area contributed by atoms with Crippen LogP contribution in [0.4, 0.5) is 23.3 Å². The fourth-order valence-electron chi connectivity index (χ4n) is 1.98. The molecule has 0 saturated carbocycles. The quantitative estimate of drug-likeness (QED) is 0.690. The smallest absolute Gasteiger partial charge is 0.337 e. The first-order valence-electron chi connectivity index (χ1n) is 7.13. The second kappa shape index (κ2) is 6.78. The highest BCUT2D eigenvalue weighted by atomic mass is 16.5. The minimum Gasteiger partial charge on any atom is -0.465 e. The molecule has 0 aliphatic rings. The molecule has 0 spiro atoms. The van der Waals surface area contributed by atoms with E-state index < -0.39 is 0 Å². The van der Waals surface area contributed by atoms with Crippen LogP contribution < -0.4 is 10.6 Å². The number of anilines is 4. The first kappa shape index (κ1) is 15.5. The number of rotatable bonds is 5. The van der Waals surface area contributed by atoms with Gasteiger partial charge in [0.25, 0.3) is 0 Å². The monoisotopic (exact) mass is 325 g/mol. The van der Waals surface area contributed by atoms with Crippen LogP contribution in [-0.4, -0.2) is 28.2 Å². The lowest BCUT2D eigenvalue weighted by molar-refractivity contribution is 0.0601. The van der Waals surface area contributed by atoms with Gasteiger partial charge < -0.3 is 19.9 Å². The van der Waals surface area contributed by atoms with Crippen molar-refractivity contribution in [3.63, 3.8) is 0 Å². The summed E-state index contributed by atoms with van der Waals surface area (Å²) in [5.74, 6) is 1.83. The van der Waals surface area contributed by atoms with Crippen LogP contribution >= 0.6 is 0 Å². The molecule has 0 aliphatic heterocycles. The van der Waals surface area contributed by atoms with Crippen molar-refractivity contribution in [3.8, 4) is 0 Å². The van der Waals surface area contributed by atoms with Gasteiger partial charge in [0.1, 0.15) is 11.6 Å². The van der Waals surface area contributed by atoms with Crippen molar-refractivity contribution < 1.29 is 14.1 Å². The Morgan fingerprint density at radius 2 is 1.92 bits per heavy atom. The van der Waals surface area contributed by atoms with E-state index in [1.165, 1.54) is 7.11 Å². The first-order chi connectivity index (χ1) is 11.6. The minimum absolute atomic E-state index is 0.377. The predicted molar refractivity (Wildman–Crippen MR) is 87.6 cm³/mol. The Kier molecular flexibility index (Phi) is 4.37. The van der Waals surface area contributed by atoms with E-state index in [-0.39, 0.29) is 5.97 Å². The second-order valence-corrected chi connectivity index (χ2v) is 4.91. The van der Waals surface area contributed by atoms with E-state index in [1.54, 1.807) is 49.5 Å². The van der Waals surface area contributed by atoms with Crippen LogP contribution in [0.5, 0.6) is 0 Å². The van der Waals surface area contributed by atoms with E-state index in [1.807, 2.05) is 0 Å². The number of carbonyl (C=O) groups is 1. The minimum atomic E-state index is -0.377. The number of benzene rings is 1. The Balaban J connectivity index is 1.71. The third kappa shape index (κ3) is 3.67. The third-order valence-corrected chi connectivity index (χ3v) is 3.10. The van der Waals surface area contributed by atoms with Gasteiger partial charge in [-0.3, -0.25) is 0 Å². The molecule has 0 aliphatic carbocycles. The average Bonchev–Trinajstić information content (AvgIpc) is 3.00. The molecule has 122 valence electrons. The maximum absolute atomic E-state index is 11.4. The Labute approximate surface area is 137 Å². The molecular formula is C16H15N5O3. The van der Waals surface area contributed by atoms with Gasteiger partial charge in [-0.05, 0) is 37.3 Å². The molecule has 2 heterocycles. The molecule has 8 nitrogen and oxygen atoms in total. The standard InChI is InChI=1S/C16H15N5O3/c1-10-9-14(21-24-10)20-16-17-8-7-13(19-16)18-12-5-3-11(4-6-12)15(22)23-2/h3-9H,1-2H3,(H2,17,18,19,20,21). The molecule has 24 heavy (non-hydrogen) atoms. The third-order valence-electron chi connectivity index (χ3n) is 3.10. The molecule has 8 heteroatoms. The number of hydrogen-bond acceptors (Lipinski definition) is 8. The molecule has 2 N–H and O–H groups in total. The number of nitrogens with one attached hydrogen (secondary N) is 2. The normalized spacial score (nSPS) is 10.2. The summed E-state index contributed by atoms with van der Waals surface area (Å²) in [5, 5.41) is 9.92. The molecule has 0 atom stereocenters. The van der Waals surface area contributed by atoms with E-state index >= 15 is 0 Å². The number of ether oxygens (including phenoxy) is 1. The zero-order valence-electron chi connectivity index (χ0n) is 13.1. The number of hydrogen-bond donors (Lipinski definition) is 2. The Morgan fingerprint density at radius 1 is 1.12 bits per heavy atom. The van der Waals surface area contributed by atoms with Gasteiger partial charge in [-0.2, -0.15) is 4.98 Å². The van der Waals surface area contributed by atoms with Crippen LogP contribution in [0.2, 0.25) is 0 Å². The molecule has 0 unspecified atom stereocenters. The summed E-state index contributed by atoms with van der Waals surface area (Å²) in [7, 11) is 1.35. The first-order valence-corrected chi connectivity index (χ1v) is 7.13. The molecule has 0 bridgehead atoms. The van der Waals surface area contributed by atoms with E-state index in [0.717, 1.165) is 5.69 Å². The number of aromatic nitrogens is 3. The van der Waals surface area contributed by atoms with E-state index in [2.05, 4.69) is 30.5 Å². The summed E-state index contributed by atoms with van der Waals surface area (Å²) < 4.78 is 9.65. The average molecular weight is 325 g/mol. The maximum atomic E-state index is 11.4. The number of esters is 1. The SMILES string of the molecule is COC(=O)c1ccc(Nc2ccnc(Nc3cc(C)on3)n2)cc1. The van der Waals surface area contributed by atoms with Crippen LogP contribution in [0, 0.1) is 6.92 Å². The second-order valence-electron chi connectivity index (χ2n) is 4.91. The summed E-state index contributed by atoms with van der Waals surface area (Å²) in [6.07, 6.45) is 1.62. The van der Waals surface area contributed by atoms with Gasteiger partial charge in [0.05, 0.1) is 12.7 Å². The highest BCUT2D eigenvalue weighted by Crippen LogP contribution is 2.18. The van der Waals surface area contributed by atoms with Gasteiger partial charge in [0.15, 0.2) is 5.82 Å². The fourth-order valence-corrected chi connectivity index (χ4v) is 1.98. The van der Waals surface area contributed by atoms with Gasteiger partial charge in [0.2, 0.25) is 5.95 Å². The summed E-state index contributed by atoms with van der Waals surface area (Å²) in [4.78, 5) is 19.9. The van der Waals surface area contributed by atoms with Crippen molar-refractivity contribution in [2.24, 2.45) is 0 Å². The van der Waals surface area contributed by atoms with Crippen molar-refractivity contribution in [1.82, 2.24) is 15.1 Å². The molecular weight excluding hydrogens is 310 g/mol. The number of carbonyl (C=O) groups excluding carboxylic acids is 1. The van der Waals surface area contributed by atoms with Gasteiger partial charge in [0, 0.05) is 18.0 Å². The molecule has 0 radical (unpaired) electrons. The number of aryl methyl sites for hydroxylation is 1. The molecule has 3 rings (SSSR count). The summed E-state index contributed by atoms with van der Waals surface area (Å²) in [5.41, 5.74) is 1.26. The van der Waals surface area contributed by atoms with Crippen LogP contribution in [0.25, 0.3) is 0 Å². The lowest BCUT2D eigenvalue weighted by Crippen LogP contribution is -2.02. The van der Waals surface area contributed by atoms with Crippen molar-refractivity contribution in [1.29, 1.82) is 0 Å². The Hall–Kier alpha value is -3.42. The largest absolute Gasteiger partial charge is 0.465 e. The summed E-state index contributed by atoms with van der Waals surface area (Å²) >= 11 is 0. The summed E-state index contributed by atoms with van der Waals surface area (Å²) in [6.45, 7) is 1.80. The molecule has 0 fully saturated rings. The zero-order valence-corrected chi connectivity index (χ0v) is 13.1. The molecule has 3 aromatic rings. The van der Waals surface area contributed by atoms with Gasteiger partial charge >= 0.3 is 5.97 Å². The maximum Gasteiger partial charge on any atom is 0.337 e. The molecule has 2 aromatic heterocycles. The molecule has 0 saturated heterocycles. The summed E-state index contributed by atoms with van der Waals surface area (Å²) in [6, 6.07) is 10.4. The van der Waals surface area contributed by atoms with E-state index in [9.17, 15) is 4.79 Å². The van der Waals surface area contributed by atoms with E-state index in [4.69, 9.17) is 4.52 Å². The highest BCUT2D eigenvalue weighted by molar-refractivity contribution is 5.89. The Morgan fingerprint density at radius 3 is 2.58 bits per heavy atom. The lowest BCUT2D eigenvalue weighted by atomic mass is 10.2. The topological polar surface area (TPSA) is 102 Å². The predicted octanol–water partition coefficient (Wildman–Crippen LogP) is 3.05. The van der Waals surface area contributed by atoms with Crippen molar-refractivity contribution in [2.45, 2.75) is 6.92 Å². The molecule has 1 aromatic carbocycles. The highest BCUT2D eigenvalue weighted by Gasteiger charge is 2.06. The van der Waals surface area contributed by atoms with Crippen molar-refractivity contribution >= 4 is 29.2 Å². The fraction of sp³-hybridized carbons (Fsp3) is 0.125. The van der Waals surface area contributed by atoms with Crippen molar-refractivity contribution in [2.75, 3.05) is 17.7 Å². The van der Waals surface area contributed by atoms with E-state index in [0.29, 0.717) is 28.9 Å². The number of methoxy groups -OCH3 is 1. The Bertz CT molecular complexity index is 845. The van der Waals surface area contributed by atoms with Crippen LogP contribution in [0.3, 0.4) is 0 Å². The number of nitrogens with zero attached hydrogens (tertiary/aromatic N) is 3. The zero-order chi connectivity index (χ0) is 16.9. The van der Waals surface area contributed by atoms with Crippen LogP contribution in [0.15, 0.2) is 47.1 Å². The lowest BCUT2D eigenvalue weighted by Gasteiger charge is -2.07. The van der Waals surface area contributed by atoms with Gasteiger partial charge in [-0.1, -0.05) is 5.16 Å². The van der Waals surface area contributed by atoms with Crippen LogP contribution in [0.1, 0.15) is 16.1 Å².